The van der Waals surface area contributed by atoms with E-state index < -0.39 is 18.0 Å². The maximum absolute atomic E-state index is 11.5. The fraction of sp³-hybridized carbons (Fsp3) is 0.833. The maximum atomic E-state index is 11.5. The molecule has 0 heterocycles. The number of amides is 2. The molecule has 0 spiro atoms. The van der Waals surface area contributed by atoms with Crippen LogP contribution in [0.2, 0.25) is 0 Å². The molecule has 6 heteroatoms. The van der Waals surface area contributed by atoms with Gasteiger partial charge < -0.3 is 20.6 Å². The quantitative estimate of drug-likeness (QED) is 0.604. The van der Waals surface area contributed by atoms with E-state index in [-0.39, 0.29) is 0 Å². The minimum atomic E-state index is -0.994. The van der Waals surface area contributed by atoms with Gasteiger partial charge in [0.15, 0.2) is 0 Å². The Morgan fingerprint density at radius 3 is 2.39 bits per heavy atom. The lowest BCUT2D eigenvalue weighted by Gasteiger charge is -2.21. The van der Waals surface area contributed by atoms with Gasteiger partial charge in [-0.15, -0.1) is 0 Å². The lowest BCUT2D eigenvalue weighted by Crippen LogP contribution is -2.47. The Labute approximate surface area is 109 Å². The molecule has 0 aromatic rings. The summed E-state index contributed by atoms with van der Waals surface area (Å²) in [6, 6.07) is -0.812. The van der Waals surface area contributed by atoms with Crippen LogP contribution in [0.3, 0.4) is 0 Å². The SMILES string of the molecule is CCC[C@@H](NC(=O)NCCN(C)C(C)C)C(=O)O. The number of hydrogen-bond acceptors (Lipinski definition) is 3. The highest BCUT2D eigenvalue weighted by Gasteiger charge is 2.18. The number of rotatable bonds is 8. The maximum Gasteiger partial charge on any atom is 0.326 e. The van der Waals surface area contributed by atoms with Crippen LogP contribution in [-0.2, 0) is 4.79 Å². The smallest absolute Gasteiger partial charge is 0.326 e. The predicted octanol–water partition coefficient (Wildman–Crippen LogP) is 0.879. The Balaban J connectivity index is 3.92. The molecule has 0 radical (unpaired) electrons. The molecule has 0 aromatic carbocycles. The first-order chi connectivity index (χ1) is 8.38. The second kappa shape index (κ2) is 8.74. The summed E-state index contributed by atoms with van der Waals surface area (Å²) in [4.78, 5) is 24.4. The molecule has 0 rings (SSSR count). The number of likely N-dealkylation sites (N-methyl/N-ethyl adjacent to an activating group) is 1. The molecule has 0 aliphatic heterocycles. The lowest BCUT2D eigenvalue weighted by molar-refractivity contribution is -0.139. The number of nitrogens with one attached hydrogen (secondary N) is 2. The zero-order chi connectivity index (χ0) is 14.1. The first kappa shape index (κ1) is 16.7. The van der Waals surface area contributed by atoms with Gasteiger partial charge in [-0.05, 0) is 27.3 Å². The summed E-state index contributed by atoms with van der Waals surface area (Å²) in [5.74, 6) is -0.994. The number of carboxylic acids is 1. The van der Waals surface area contributed by atoms with E-state index in [0.717, 1.165) is 6.54 Å². The van der Waals surface area contributed by atoms with Crippen molar-refractivity contribution in [1.82, 2.24) is 15.5 Å². The van der Waals surface area contributed by atoms with E-state index in [1.807, 2.05) is 14.0 Å². The van der Waals surface area contributed by atoms with E-state index in [1.165, 1.54) is 0 Å². The summed E-state index contributed by atoms with van der Waals surface area (Å²) in [5, 5.41) is 14.0. The molecule has 0 saturated carbocycles. The fourth-order valence-electron chi connectivity index (χ4n) is 1.36. The van der Waals surface area contributed by atoms with Gasteiger partial charge in [0.1, 0.15) is 6.04 Å². The van der Waals surface area contributed by atoms with Crippen molar-refractivity contribution in [3.63, 3.8) is 0 Å². The molecule has 0 aromatic heterocycles. The van der Waals surface area contributed by atoms with E-state index in [0.29, 0.717) is 25.4 Å². The highest BCUT2D eigenvalue weighted by Crippen LogP contribution is 1.96. The molecule has 6 nitrogen and oxygen atoms in total. The van der Waals surface area contributed by atoms with Crippen LogP contribution in [-0.4, -0.2) is 54.2 Å². The van der Waals surface area contributed by atoms with Gasteiger partial charge in [0.05, 0.1) is 0 Å². The van der Waals surface area contributed by atoms with E-state index in [9.17, 15) is 9.59 Å². The molecule has 1 atom stereocenters. The predicted molar refractivity (Wildman–Crippen MR) is 70.6 cm³/mol. The van der Waals surface area contributed by atoms with Crippen molar-refractivity contribution in [2.24, 2.45) is 0 Å². The van der Waals surface area contributed by atoms with Gasteiger partial charge in [-0.25, -0.2) is 9.59 Å². The van der Waals surface area contributed by atoms with Crippen LogP contribution >= 0.6 is 0 Å². The summed E-state index contributed by atoms with van der Waals surface area (Å²) < 4.78 is 0. The Bertz CT molecular complexity index is 269. The topological polar surface area (TPSA) is 81.7 Å². The van der Waals surface area contributed by atoms with Crippen LogP contribution < -0.4 is 10.6 Å². The molecular weight excluding hydrogens is 234 g/mol. The zero-order valence-corrected chi connectivity index (χ0v) is 11.7. The van der Waals surface area contributed by atoms with Crippen LogP contribution in [0, 0.1) is 0 Å². The van der Waals surface area contributed by atoms with Crippen LogP contribution in [0.15, 0.2) is 0 Å². The molecule has 0 bridgehead atoms. The minimum Gasteiger partial charge on any atom is -0.480 e. The Morgan fingerprint density at radius 2 is 1.94 bits per heavy atom. The average molecular weight is 259 g/mol. The second-order valence-corrected chi connectivity index (χ2v) is 4.65. The molecule has 2 amide bonds. The standard InChI is InChI=1S/C12H25N3O3/c1-5-6-10(11(16)17)14-12(18)13-7-8-15(4)9(2)3/h9-10H,5-8H2,1-4H3,(H,16,17)(H2,13,14,18)/t10-/m1/s1. The van der Waals surface area contributed by atoms with Crippen molar-refractivity contribution in [2.45, 2.75) is 45.7 Å². The largest absolute Gasteiger partial charge is 0.480 e. The first-order valence-corrected chi connectivity index (χ1v) is 6.35. The van der Waals surface area contributed by atoms with Crippen LogP contribution in [0.1, 0.15) is 33.6 Å². The number of carbonyl (C=O) groups is 2. The Hall–Kier alpha value is -1.30. The number of carbonyl (C=O) groups excluding carboxylic acids is 1. The molecule has 0 unspecified atom stereocenters. The van der Waals surface area contributed by atoms with Crippen LogP contribution in [0.25, 0.3) is 0 Å². The van der Waals surface area contributed by atoms with Gasteiger partial charge in [0, 0.05) is 19.1 Å². The summed E-state index contributed by atoms with van der Waals surface area (Å²) in [6.45, 7) is 7.26. The van der Waals surface area contributed by atoms with Gasteiger partial charge >= 0.3 is 12.0 Å². The van der Waals surface area contributed by atoms with E-state index >= 15 is 0 Å². The van der Waals surface area contributed by atoms with Crippen LogP contribution in [0.5, 0.6) is 0 Å². The third-order valence-electron chi connectivity index (χ3n) is 2.81. The third kappa shape index (κ3) is 7.11. The van der Waals surface area contributed by atoms with Gasteiger partial charge in [-0.3, -0.25) is 0 Å². The van der Waals surface area contributed by atoms with Crippen molar-refractivity contribution in [1.29, 1.82) is 0 Å². The summed E-state index contributed by atoms with van der Waals surface area (Å²) in [5.41, 5.74) is 0. The second-order valence-electron chi connectivity index (χ2n) is 4.65. The summed E-state index contributed by atoms with van der Waals surface area (Å²) in [6.07, 6.45) is 1.15. The molecule has 106 valence electrons. The van der Waals surface area contributed by atoms with Crippen molar-refractivity contribution in [3.8, 4) is 0 Å². The monoisotopic (exact) mass is 259 g/mol. The van der Waals surface area contributed by atoms with Crippen molar-refractivity contribution in [2.75, 3.05) is 20.1 Å². The third-order valence-corrected chi connectivity index (χ3v) is 2.81. The van der Waals surface area contributed by atoms with Crippen molar-refractivity contribution < 1.29 is 14.7 Å². The zero-order valence-electron chi connectivity index (χ0n) is 11.7. The van der Waals surface area contributed by atoms with Crippen LogP contribution in [0.4, 0.5) is 4.79 Å². The number of urea groups is 1. The summed E-state index contributed by atoms with van der Waals surface area (Å²) >= 11 is 0. The summed E-state index contributed by atoms with van der Waals surface area (Å²) in [7, 11) is 1.97. The Kier molecular flexibility index (Phi) is 8.11. The molecular formula is C12H25N3O3. The number of hydrogen-bond donors (Lipinski definition) is 3. The number of aliphatic carboxylic acids is 1. The molecule has 18 heavy (non-hydrogen) atoms. The Morgan fingerprint density at radius 1 is 1.33 bits per heavy atom. The van der Waals surface area contributed by atoms with Gasteiger partial charge in [-0.1, -0.05) is 13.3 Å². The fourth-order valence-corrected chi connectivity index (χ4v) is 1.36. The highest BCUT2D eigenvalue weighted by molar-refractivity contribution is 5.82. The average Bonchev–Trinajstić information content (AvgIpc) is 2.27. The normalized spacial score (nSPS) is 12.6. The van der Waals surface area contributed by atoms with Gasteiger partial charge in [0.25, 0.3) is 0 Å². The molecule has 0 aliphatic carbocycles. The number of carboxylic acid groups (broad SMARTS) is 1. The number of nitrogens with zero attached hydrogens (tertiary/aromatic N) is 1. The lowest BCUT2D eigenvalue weighted by atomic mass is 10.2. The molecule has 0 saturated heterocycles. The highest BCUT2D eigenvalue weighted by atomic mass is 16.4. The van der Waals surface area contributed by atoms with E-state index in [2.05, 4.69) is 29.4 Å². The van der Waals surface area contributed by atoms with Crippen molar-refractivity contribution >= 4 is 12.0 Å². The molecule has 0 fully saturated rings. The van der Waals surface area contributed by atoms with Crippen molar-refractivity contribution in [3.05, 3.63) is 0 Å². The van der Waals surface area contributed by atoms with E-state index in [1.54, 1.807) is 0 Å². The first-order valence-electron chi connectivity index (χ1n) is 6.35. The van der Waals surface area contributed by atoms with Gasteiger partial charge in [-0.2, -0.15) is 0 Å². The molecule has 0 aliphatic rings. The van der Waals surface area contributed by atoms with E-state index in [4.69, 9.17) is 5.11 Å². The molecule has 3 N–H and O–H groups in total. The minimum absolute atomic E-state index is 0.418. The van der Waals surface area contributed by atoms with Gasteiger partial charge in [0.2, 0.25) is 0 Å².